The molecule has 0 aromatic carbocycles. The zero-order valence-corrected chi connectivity index (χ0v) is 9.64. The number of ether oxygens (including phenoxy) is 2. The van der Waals surface area contributed by atoms with E-state index >= 15 is 0 Å². The fraction of sp³-hybridized carbons (Fsp3) is 0.636. The van der Waals surface area contributed by atoms with Crippen LogP contribution in [-0.4, -0.2) is 36.4 Å². The summed E-state index contributed by atoms with van der Waals surface area (Å²) in [4.78, 5) is 21.9. The molecule has 0 aliphatic rings. The molecule has 0 aromatic rings. The zero-order chi connectivity index (χ0) is 12.4. The highest BCUT2D eigenvalue weighted by Gasteiger charge is 2.02. The van der Waals surface area contributed by atoms with Crippen LogP contribution in [0.25, 0.3) is 0 Å². The van der Waals surface area contributed by atoms with Crippen molar-refractivity contribution in [3.8, 4) is 0 Å². The van der Waals surface area contributed by atoms with Crippen LogP contribution in [0.1, 0.15) is 26.7 Å². The van der Waals surface area contributed by atoms with Gasteiger partial charge in [0.05, 0.1) is 12.7 Å². The fourth-order valence-corrected chi connectivity index (χ4v) is 0.752. The number of rotatable bonds is 7. The quantitative estimate of drug-likeness (QED) is 0.398. The van der Waals surface area contributed by atoms with E-state index in [2.05, 4.69) is 4.74 Å². The monoisotopic (exact) mass is 230 g/mol. The summed E-state index contributed by atoms with van der Waals surface area (Å²) in [6.07, 6.45) is 3.02. The fourth-order valence-electron chi connectivity index (χ4n) is 0.752. The van der Waals surface area contributed by atoms with Crippen LogP contribution in [0.3, 0.4) is 0 Å². The molecule has 0 aromatic heterocycles. The SMILES string of the molecule is CCCCOC(=O)/C=C/C(=O)OCC(C)O. The van der Waals surface area contributed by atoms with Crippen LogP contribution in [0.4, 0.5) is 0 Å². The third kappa shape index (κ3) is 9.21. The van der Waals surface area contributed by atoms with E-state index in [9.17, 15) is 9.59 Å². The summed E-state index contributed by atoms with van der Waals surface area (Å²) in [7, 11) is 0. The molecular weight excluding hydrogens is 212 g/mol. The van der Waals surface area contributed by atoms with Crippen molar-refractivity contribution in [3.05, 3.63) is 12.2 Å². The molecule has 0 heterocycles. The second kappa shape index (κ2) is 8.91. The van der Waals surface area contributed by atoms with Gasteiger partial charge in [-0.15, -0.1) is 0 Å². The smallest absolute Gasteiger partial charge is 0.331 e. The number of esters is 2. The highest BCUT2D eigenvalue weighted by atomic mass is 16.5. The third-order valence-corrected chi connectivity index (χ3v) is 1.56. The first-order valence-electron chi connectivity index (χ1n) is 5.26. The van der Waals surface area contributed by atoms with E-state index in [1.807, 2.05) is 6.92 Å². The van der Waals surface area contributed by atoms with E-state index in [4.69, 9.17) is 9.84 Å². The highest BCUT2D eigenvalue weighted by molar-refractivity contribution is 5.91. The Kier molecular flexibility index (Phi) is 8.15. The third-order valence-electron chi connectivity index (χ3n) is 1.56. The average Bonchev–Trinajstić information content (AvgIpc) is 2.24. The van der Waals surface area contributed by atoms with Gasteiger partial charge in [-0.2, -0.15) is 0 Å². The zero-order valence-electron chi connectivity index (χ0n) is 9.64. The molecule has 92 valence electrons. The van der Waals surface area contributed by atoms with Crippen molar-refractivity contribution in [2.24, 2.45) is 0 Å². The van der Waals surface area contributed by atoms with Gasteiger partial charge in [-0.1, -0.05) is 13.3 Å². The van der Waals surface area contributed by atoms with Crippen molar-refractivity contribution >= 4 is 11.9 Å². The first-order chi connectivity index (χ1) is 7.56. The normalized spacial score (nSPS) is 12.4. The summed E-state index contributed by atoms with van der Waals surface area (Å²) in [5.74, 6) is -1.24. The minimum Gasteiger partial charge on any atom is -0.463 e. The molecule has 0 radical (unpaired) electrons. The molecule has 16 heavy (non-hydrogen) atoms. The van der Waals surface area contributed by atoms with Crippen LogP contribution < -0.4 is 0 Å². The predicted octanol–water partition coefficient (Wildman–Crippen LogP) is 0.810. The van der Waals surface area contributed by atoms with E-state index < -0.39 is 18.0 Å². The number of unbranched alkanes of at least 4 members (excludes halogenated alkanes) is 1. The Bertz CT molecular complexity index is 245. The second-order valence-electron chi connectivity index (χ2n) is 3.33. The van der Waals surface area contributed by atoms with Gasteiger partial charge in [-0.3, -0.25) is 0 Å². The number of hydrogen-bond donors (Lipinski definition) is 1. The van der Waals surface area contributed by atoms with E-state index in [1.54, 1.807) is 0 Å². The molecule has 5 heteroatoms. The Balaban J connectivity index is 3.71. The lowest BCUT2D eigenvalue weighted by atomic mass is 10.4. The van der Waals surface area contributed by atoms with Gasteiger partial charge < -0.3 is 14.6 Å². The van der Waals surface area contributed by atoms with Crippen LogP contribution in [0.15, 0.2) is 12.2 Å². The first-order valence-corrected chi connectivity index (χ1v) is 5.26. The molecule has 0 saturated heterocycles. The molecule has 0 aliphatic carbocycles. The summed E-state index contributed by atoms with van der Waals surface area (Å²) in [6, 6.07) is 0. The van der Waals surface area contributed by atoms with Crippen LogP contribution in [0, 0.1) is 0 Å². The average molecular weight is 230 g/mol. The van der Waals surface area contributed by atoms with E-state index in [-0.39, 0.29) is 6.61 Å². The van der Waals surface area contributed by atoms with Crippen LogP contribution in [0.2, 0.25) is 0 Å². The van der Waals surface area contributed by atoms with Gasteiger partial charge in [0.15, 0.2) is 0 Å². The lowest BCUT2D eigenvalue weighted by molar-refractivity contribution is -0.142. The Labute approximate surface area is 95.0 Å². The van der Waals surface area contributed by atoms with Crippen LogP contribution in [-0.2, 0) is 19.1 Å². The van der Waals surface area contributed by atoms with Gasteiger partial charge in [0.2, 0.25) is 0 Å². The van der Waals surface area contributed by atoms with Crippen molar-refractivity contribution < 1.29 is 24.2 Å². The number of aliphatic hydroxyl groups is 1. The number of hydrogen-bond acceptors (Lipinski definition) is 5. The lowest BCUT2D eigenvalue weighted by Crippen LogP contribution is -2.14. The van der Waals surface area contributed by atoms with Crippen molar-refractivity contribution in [2.75, 3.05) is 13.2 Å². The largest absolute Gasteiger partial charge is 0.463 e. The Morgan fingerprint density at radius 3 is 2.31 bits per heavy atom. The maximum absolute atomic E-state index is 11.0. The maximum Gasteiger partial charge on any atom is 0.331 e. The molecule has 0 fully saturated rings. The van der Waals surface area contributed by atoms with Crippen LogP contribution in [0.5, 0.6) is 0 Å². The van der Waals surface area contributed by atoms with Gasteiger partial charge in [-0.05, 0) is 13.3 Å². The van der Waals surface area contributed by atoms with Crippen LogP contribution >= 0.6 is 0 Å². The van der Waals surface area contributed by atoms with E-state index in [0.29, 0.717) is 6.61 Å². The molecule has 1 unspecified atom stereocenters. The van der Waals surface area contributed by atoms with Gasteiger partial charge in [-0.25, -0.2) is 9.59 Å². The predicted molar refractivity (Wildman–Crippen MR) is 57.6 cm³/mol. The van der Waals surface area contributed by atoms with Gasteiger partial charge >= 0.3 is 11.9 Å². The topological polar surface area (TPSA) is 72.8 Å². The molecular formula is C11H18O5. The lowest BCUT2D eigenvalue weighted by Gasteiger charge is -2.03. The number of carbonyl (C=O) groups excluding carboxylic acids is 2. The minimum atomic E-state index is -0.714. The number of carbonyl (C=O) groups is 2. The molecule has 0 bridgehead atoms. The molecule has 0 amide bonds. The standard InChI is InChI=1S/C11H18O5/c1-3-4-7-15-10(13)5-6-11(14)16-8-9(2)12/h5-6,9,12H,3-4,7-8H2,1-2H3/b6-5+. The van der Waals surface area contributed by atoms with Gasteiger partial charge in [0.1, 0.15) is 6.61 Å². The summed E-state index contributed by atoms with van der Waals surface area (Å²) < 4.78 is 9.37. The molecule has 1 atom stereocenters. The summed E-state index contributed by atoms with van der Waals surface area (Å²) in [5, 5.41) is 8.83. The number of aliphatic hydroxyl groups excluding tert-OH is 1. The summed E-state index contributed by atoms with van der Waals surface area (Å²) in [6.45, 7) is 3.74. The van der Waals surface area contributed by atoms with Gasteiger partial charge in [0, 0.05) is 12.2 Å². The summed E-state index contributed by atoms with van der Waals surface area (Å²) in [5.41, 5.74) is 0. The van der Waals surface area contributed by atoms with E-state index in [1.165, 1.54) is 6.92 Å². The first kappa shape index (κ1) is 14.6. The molecule has 0 aliphatic heterocycles. The molecule has 5 nitrogen and oxygen atoms in total. The molecule has 1 N–H and O–H groups in total. The Hall–Kier alpha value is -1.36. The van der Waals surface area contributed by atoms with Crippen molar-refractivity contribution in [3.63, 3.8) is 0 Å². The second-order valence-corrected chi connectivity index (χ2v) is 3.33. The molecule has 0 saturated carbocycles. The molecule has 0 spiro atoms. The van der Waals surface area contributed by atoms with Crippen molar-refractivity contribution in [1.29, 1.82) is 0 Å². The minimum absolute atomic E-state index is 0.0892. The Morgan fingerprint density at radius 1 is 1.25 bits per heavy atom. The Morgan fingerprint density at radius 2 is 1.81 bits per heavy atom. The van der Waals surface area contributed by atoms with Crippen molar-refractivity contribution in [1.82, 2.24) is 0 Å². The van der Waals surface area contributed by atoms with Crippen molar-refractivity contribution in [2.45, 2.75) is 32.8 Å². The highest BCUT2D eigenvalue weighted by Crippen LogP contribution is 1.91. The summed E-state index contributed by atoms with van der Waals surface area (Å²) >= 11 is 0. The van der Waals surface area contributed by atoms with E-state index in [0.717, 1.165) is 25.0 Å². The van der Waals surface area contributed by atoms with Gasteiger partial charge in [0.25, 0.3) is 0 Å². The maximum atomic E-state index is 11.0. The molecule has 0 rings (SSSR count).